The molecule has 0 aromatic heterocycles. The third-order valence-corrected chi connectivity index (χ3v) is 16.9. The molecule has 0 aromatic rings. The quantitative estimate of drug-likeness (QED) is 0.0320. The van der Waals surface area contributed by atoms with E-state index in [0.717, 1.165) is 51.4 Å². The Morgan fingerprint density at radius 3 is 0.975 bits per heavy atom. The van der Waals surface area contributed by atoms with Gasteiger partial charge in [0.25, 0.3) is 0 Å². The molecule has 0 rings (SSSR count). The van der Waals surface area contributed by atoms with E-state index in [0.29, 0.717) is 25.9 Å². The minimum absolute atomic E-state index is 0.00175. The summed E-state index contributed by atoms with van der Waals surface area (Å²) in [5.41, 5.74) is 0. The lowest BCUT2D eigenvalue weighted by Gasteiger charge is -2.22. The second-order valence-corrected chi connectivity index (χ2v) is 24.9. The van der Waals surface area contributed by atoms with E-state index in [1.807, 2.05) is 0 Å². The van der Waals surface area contributed by atoms with Crippen LogP contribution in [0.25, 0.3) is 0 Å². The topological polar surface area (TPSA) is 95.9 Å². The molecule has 0 aliphatic rings. The molecule has 0 saturated carbocycles. The number of aliphatic hydroxyl groups excluding tert-OH is 2. The van der Waals surface area contributed by atoms with Crippen LogP contribution in [0.1, 0.15) is 399 Å². The lowest BCUT2D eigenvalue weighted by Crippen LogP contribution is -2.45. The number of ether oxygens (including phenoxy) is 1. The fourth-order valence-corrected chi connectivity index (χ4v) is 11.4. The number of carbonyl (C=O) groups excluding carboxylic acids is 2. The average molecular weight is 1120 g/mol. The fraction of sp³-hybridized carbons (Fsp3) is 0.892. The molecule has 0 heterocycles. The van der Waals surface area contributed by atoms with Crippen LogP contribution in [-0.4, -0.2) is 47.4 Å². The third-order valence-electron chi connectivity index (χ3n) is 16.9. The molecule has 2 unspecified atom stereocenters. The van der Waals surface area contributed by atoms with E-state index in [2.05, 4.69) is 55.6 Å². The van der Waals surface area contributed by atoms with Gasteiger partial charge in [-0.1, -0.05) is 339 Å². The maximum atomic E-state index is 12.6. The standard InChI is InChI=1S/C74H141NO5/c1-3-5-7-9-11-13-15-17-19-21-23-24-25-26-28-31-34-38-42-46-50-54-58-62-66-72(77)71(70-76)75-73(78)67-63-59-55-51-47-43-39-35-32-29-27-30-33-37-41-45-49-53-57-61-65-69-80-74(79)68-64-60-56-52-48-44-40-36-22-20-18-16-14-12-10-8-6-4-2/h14,16,20,22,29,32,71-72,76-77H,3-13,15,17-19,21,23-28,30-31,33-70H2,1-2H3,(H,75,78)/b16-14-,22-20-,32-29-. The molecular formula is C74H141NO5. The van der Waals surface area contributed by atoms with E-state index in [4.69, 9.17) is 4.74 Å². The molecule has 0 saturated heterocycles. The van der Waals surface area contributed by atoms with Crippen molar-refractivity contribution in [3.8, 4) is 0 Å². The highest BCUT2D eigenvalue weighted by molar-refractivity contribution is 5.76. The predicted octanol–water partition coefficient (Wildman–Crippen LogP) is 23.5. The second kappa shape index (κ2) is 69.6. The Labute approximate surface area is 500 Å². The van der Waals surface area contributed by atoms with Crippen LogP contribution in [-0.2, 0) is 14.3 Å². The number of unbranched alkanes of at least 4 members (excludes halogenated alkanes) is 51. The Balaban J connectivity index is 3.42. The summed E-state index contributed by atoms with van der Waals surface area (Å²) < 4.78 is 5.50. The number of hydrogen-bond acceptors (Lipinski definition) is 5. The molecule has 1 amide bonds. The summed E-state index contributed by atoms with van der Waals surface area (Å²) in [5.74, 6) is -0.0369. The van der Waals surface area contributed by atoms with Gasteiger partial charge < -0.3 is 20.3 Å². The Morgan fingerprint density at radius 1 is 0.350 bits per heavy atom. The Bertz CT molecular complexity index is 1300. The van der Waals surface area contributed by atoms with Crippen molar-refractivity contribution < 1.29 is 24.5 Å². The van der Waals surface area contributed by atoms with Gasteiger partial charge in [0.15, 0.2) is 0 Å². The zero-order valence-corrected chi connectivity index (χ0v) is 54.1. The molecule has 0 bridgehead atoms. The first-order chi connectivity index (χ1) is 39.5. The van der Waals surface area contributed by atoms with Crippen molar-refractivity contribution in [3.05, 3.63) is 36.5 Å². The molecule has 0 aliphatic heterocycles. The van der Waals surface area contributed by atoms with Crippen LogP contribution in [0.2, 0.25) is 0 Å². The van der Waals surface area contributed by atoms with Gasteiger partial charge in [0.1, 0.15) is 0 Å². The second-order valence-electron chi connectivity index (χ2n) is 24.9. The molecule has 6 heteroatoms. The first-order valence-electron chi connectivity index (χ1n) is 36.2. The van der Waals surface area contributed by atoms with Crippen LogP contribution in [0, 0.1) is 0 Å². The van der Waals surface area contributed by atoms with Crippen molar-refractivity contribution in [2.24, 2.45) is 0 Å². The molecule has 0 spiro atoms. The van der Waals surface area contributed by atoms with Crippen molar-refractivity contribution in [1.29, 1.82) is 0 Å². The van der Waals surface area contributed by atoms with E-state index in [-0.39, 0.29) is 18.5 Å². The Kier molecular flexibility index (Phi) is 67.9. The Morgan fingerprint density at radius 2 is 0.625 bits per heavy atom. The van der Waals surface area contributed by atoms with Gasteiger partial charge in [-0.25, -0.2) is 0 Å². The van der Waals surface area contributed by atoms with Gasteiger partial charge in [0, 0.05) is 12.8 Å². The third kappa shape index (κ3) is 65.2. The van der Waals surface area contributed by atoms with Gasteiger partial charge in [0.05, 0.1) is 25.4 Å². The van der Waals surface area contributed by atoms with E-state index in [1.165, 1.54) is 315 Å². The summed E-state index contributed by atoms with van der Waals surface area (Å²) in [6, 6.07) is -0.549. The highest BCUT2D eigenvalue weighted by Crippen LogP contribution is 2.19. The molecule has 0 radical (unpaired) electrons. The number of nitrogens with one attached hydrogen (secondary N) is 1. The number of allylic oxidation sites excluding steroid dienone is 6. The van der Waals surface area contributed by atoms with Crippen LogP contribution in [0.4, 0.5) is 0 Å². The molecule has 2 atom stereocenters. The average Bonchev–Trinajstić information content (AvgIpc) is 3.46. The molecule has 0 aromatic carbocycles. The summed E-state index contributed by atoms with van der Waals surface area (Å²) in [6.07, 6.45) is 89.0. The first kappa shape index (κ1) is 78.1. The first-order valence-corrected chi connectivity index (χ1v) is 36.2. The number of rotatable bonds is 68. The van der Waals surface area contributed by atoms with Crippen LogP contribution >= 0.6 is 0 Å². The van der Waals surface area contributed by atoms with Gasteiger partial charge in [-0.05, 0) is 83.5 Å². The normalized spacial score (nSPS) is 12.7. The van der Waals surface area contributed by atoms with Crippen molar-refractivity contribution in [1.82, 2.24) is 5.32 Å². The van der Waals surface area contributed by atoms with Gasteiger partial charge in [-0.2, -0.15) is 0 Å². The summed E-state index contributed by atoms with van der Waals surface area (Å²) in [5, 5.41) is 23.4. The number of amides is 1. The molecule has 0 aliphatic carbocycles. The highest BCUT2D eigenvalue weighted by atomic mass is 16.5. The fourth-order valence-electron chi connectivity index (χ4n) is 11.4. The molecule has 3 N–H and O–H groups in total. The van der Waals surface area contributed by atoms with Gasteiger partial charge >= 0.3 is 5.97 Å². The predicted molar refractivity (Wildman–Crippen MR) is 352 cm³/mol. The van der Waals surface area contributed by atoms with Crippen molar-refractivity contribution in [2.45, 2.75) is 411 Å². The van der Waals surface area contributed by atoms with Crippen LogP contribution in [0.3, 0.4) is 0 Å². The van der Waals surface area contributed by atoms with E-state index in [1.54, 1.807) is 0 Å². The molecule has 6 nitrogen and oxygen atoms in total. The van der Waals surface area contributed by atoms with Crippen molar-refractivity contribution >= 4 is 11.9 Å². The van der Waals surface area contributed by atoms with E-state index >= 15 is 0 Å². The summed E-state index contributed by atoms with van der Waals surface area (Å²) >= 11 is 0. The number of hydrogen-bond donors (Lipinski definition) is 3. The maximum Gasteiger partial charge on any atom is 0.305 e. The van der Waals surface area contributed by atoms with Crippen LogP contribution in [0.15, 0.2) is 36.5 Å². The van der Waals surface area contributed by atoms with Gasteiger partial charge in [-0.3, -0.25) is 9.59 Å². The Hall–Kier alpha value is -1.92. The lowest BCUT2D eigenvalue weighted by atomic mass is 10.0. The number of aliphatic hydroxyl groups is 2. The van der Waals surface area contributed by atoms with Gasteiger partial charge in [0.2, 0.25) is 5.91 Å². The molecule has 80 heavy (non-hydrogen) atoms. The minimum atomic E-state index is -0.672. The van der Waals surface area contributed by atoms with Crippen LogP contribution < -0.4 is 5.32 Å². The largest absolute Gasteiger partial charge is 0.466 e. The molecular weight excluding hydrogens is 983 g/mol. The minimum Gasteiger partial charge on any atom is -0.466 e. The van der Waals surface area contributed by atoms with Gasteiger partial charge in [-0.15, -0.1) is 0 Å². The highest BCUT2D eigenvalue weighted by Gasteiger charge is 2.20. The van der Waals surface area contributed by atoms with Crippen LogP contribution in [0.5, 0.6) is 0 Å². The maximum absolute atomic E-state index is 12.6. The number of carbonyl (C=O) groups is 2. The summed E-state index contributed by atoms with van der Waals surface area (Å²) in [6.45, 7) is 4.96. The molecule has 472 valence electrons. The van der Waals surface area contributed by atoms with Crippen molar-refractivity contribution in [3.63, 3.8) is 0 Å². The summed E-state index contributed by atoms with van der Waals surface area (Å²) in [7, 11) is 0. The zero-order valence-electron chi connectivity index (χ0n) is 54.1. The SMILES string of the molecule is CCCCCC/C=C\C/C=C\CCCCCCCCCC(=O)OCCCCCCCCCCCC/C=C\CCCCCCCCCC(=O)NC(CO)C(O)CCCCCCCCCCCCCCCCCCCCCCCCCC. The number of esters is 1. The van der Waals surface area contributed by atoms with E-state index in [9.17, 15) is 19.8 Å². The monoisotopic (exact) mass is 1120 g/mol. The zero-order chi connectivity index (χ0) is 57.8. The lowest BCUT2D eigenvalue weighted by molar-refractivity contribution is -0.143. The van der Waals surface area contributed by atoms with Crippen molar-refractivity contribution in [2.75, 3.05) is 13.2 Å². The summed E-state index contributed by atoms with van der Waals surface area (Å²) in [4.78, 5) is 24.7. The molecule has 0 fully saturated rings. The smallest absolute Gasteiger partial charge is 0.305 e. The van der Waals surface area contributed by atoms with E-state index < -0.39 is 12.1 Å².